The van der Waals surface area contributed by atoms with Crippen LogP contribution in [0.4, 0.5) is 17.1 Å². The fourth-order valence-electron chi connectivity index (χ4n) is 1.88. The molecule has 0 spiro atoms. The maximum absolute atomic E-state index is 11.7. The minimum Gasteiger partial charge on any atom is -0.465 e. The van der Waals surface area contributed by atoms with Crippen molar-refractivity contribution in [3.05, 3.63) is 52.0 Å². The van der Waals surface area contributed by atoms with Crippen LogP contribution in [0.1, 0.15) is 15.9 Å². The van der Waals surface area contributed by atoms with E-state index in [1.807, 2.05) is 37.3 Å². The number of hydrogen-bond acceptors (Lipinski definition) is 4. The predicted molar refractivity (Wildman–Crippen MR) is 84.4 cm³/mol. The van der Waals surface area contributed by atoms with Gasteiger partial charge in [0.05, 0.1) is 12.7 Å². The minimum absolute atomic E-state index is 0.366. The Morgan fingerprint density at radius 3 is 2.65 bits per heavy atom. The molecule has 0 unspecified atom stereocenters. The van der Waals surface area contributed by atoms with Crippen molar-refractivity contribution in [2.24, 2.45) is 0 Å². The second-order valence-electron chi connectivity index (χ2n) is 4.38. The Morgan fingerprint density at radius 2 is 2.00 bits per heavy atom. The zero-order valence-electron chi connectivity index (χ0n) is 11.2. The SMILES string of the molecule is COC(=O)c1cc(Nc2cccc(Br)c2)cc(C)c1N. The summed E-state index contributed by atoms with van der Waals surface area (Å²) in [5, 5.41) is 3.24. The smallest absolute Gasteiger partial charge is 0.340 e. The molecule has 20 heavy (non-hydrogen) atoms. The van der Waals surface area contributed by atoms with Gasteiger partial charge in [-0.1, -0.05) is 22.0 Å². The summed E-state index contributed by atoms with van der Waals surface area (Å²) in [5.74, 6) is -0.441. The first-order chi connectivity index (χ1) is 9.51. The van der Waals surface area contributed by atoms with E-state index in [9.17, 15) is 4.79 Å². The quantitative estimate of drug-likeness (QED) is 0.660. The maximum atomic E-state index is 11.7. The number of carbonyl (C=O) groups is 1. The fraction of sp³-hybridized carbons (Fsp3) is 0.133. The van der Waals surface area contributed by atoms with Gasteiger partial charge in [-0.25, -0.2) is 4.79 Å². The molecular weight excluding hydrogens is 320 g/mol. The van der Waals surface area contributed by atoms with Crippen molar-refractivity contribution >= 4 is 39.0 Å². The average molecular weight is 335 g/mol. The van der Waals surface area contributed by atoms with E-state index < -0.39 is 5.97 Å². The Morgan fingerprint density at radius 1 is 1.25 bits per heavy atom. The Bertz CT molecular complexity index is 656. The number of rotatable bonds is 3. The van der Waals surface area contributed by atoms with Crippen LogP contribution in [0.2, 0.25) is 0 Å². The van der Waals surface area contributed by atoms with Crippen LogP contribution in [0.3, 0.4) is 0 Å². The highest BCUT2D eigenvalue weighted by Crippen LogP contribution is 2.26. The van der Waals surface area contributed by atoms with Gasteiger partial charge in [0, 0.05) is 21.5 Å². The summed E-state index contributed by atoms with van der Waals surface area (Å²) >= 11 is 3.42. The molecule has 0 aliphatic carbocycles. The molecule has 0 aromatic heterocycles. The number of anilines is 3. The van der Waals surface area contributed by atoms with Gasteiger partial charge in [-0.15, -0.1) is 0 Å². The third kappa shape index (κ3) is 3.11. The largest absolute Gasteiger partial charge is 0.465 e. The number of nitrogen functional groups attached to an aromatic ring is 1. The summed E-state index contributed by atoms with van der Waals surface area (Å²) < 4.78 is 5.72. The lowest BCUT2D eigenvalue weighted by atomic mass is 10.1. The molecule has 0 amide bonds. The van der Waals surface area contributed by atoms with Gasteiger partial charge < -0.3 is 15.8 Å². The standard InChI is InChI=1S/C15H15BrN2O2/c1-9-6-12(8-13(14(9)17)15(19)20-2)18-11-5-3-4-10(16)7-11/h3-8,18H,17H2,1-2H3. The lowest BCUT2D eigenvalue weighted by Gasteiger charge is -2.12. The molecule has 104 valence electrons. The highest BCUT2D eigenvalue weighted by atomic mass is 79.9. The van der Waals surface area contributed by atoms with Crippen molar-refractivity contribution in [2.75, 3.05) is 18.2 Å². The summed E-state index contributed by atoms with van der Waals surface area (Å²) in [6, 6.07) is 11.3. The molecule has 0 aliphatic rings. The highest BCUT2D eigenvalue weighted by Gasteiger charge is 2.13. The van der Waals surface area contributed by atoms with Crippen LogP contribution in [-0.2, 0) is 4.74 Å². The number of nitrogens with two attached hydrogens (primary N) is 1. The first-order valence-corrected chi connectivity index (χ1v) is 6.81. The summed E-state index contributed by atoms with van der Waals surface area (Å²) in [6.45, 7) is 1.86. The molecule has 0 aliphatic heterocycles. The van der Waals surface area contributed by atoms with Crippen LogP contribution >= 0.6 is 15.9 Å². The topological polar surface area (TPSA) is 64.3 Å². The first-order valence-electron chi connectivity index (χ1n) is 6.02. The third-order valence-electron chi connectivity index (χ3n) is 2.91. The second-order valence-corrected chi connectivity index (χ2v) is 5.30. The monoisotopic (exact) mass is 334 g/mol. The maximum Gasteiger partial charge on any atom is 0.340 e. The van der Waals surface area contributed by atoms with E-state index in [-0.39, 0.29) is 0 Å². The number of benzene rings is 2. The molecular formula is C15H15BrN2O2. The van der Waals surface area contributed by atoms with Crippen LogP contribution in [0, 0.1) is 6.92 Å². The second kappa shape index (κ2) is 5.96. The normalized spacial score (nSPS) is 10.2. The summed E-state index contributed by atoms with van der Waals surface area (Å²) in [4.78, 5) is 11.7. The number of esters is 1. The number of hydrogen-bond donors (Lipinski definition) is 2. The Labute approximate surface area is 126 Å². The number of ether oxygens (including phenoxy) is 1. The van der Waals surface area contributed by atoms with Crippen LogP contribution < -0.4 is 11.1 Å². The van der Waals surface area contributed by atoms with E-state index in [0.717, 1.165) is 21.4 Å². The molecule has 0 saturated heterocycles. The van der Waals surface area contributed by atoms with E-state index in [1.165, 1.54) is 7.11 Å². The molecule has 2 rings (SSSR count). The van der Waals surface area contributed by atoms with E-state index in [0.29, 0.717) is 11.3 Å². The molecule has 0 radical (unpaired) electrons. The molecule has 5 heteroatoms. The van der Waals surface area contributed by atoms with Gasteiger partial charge in [-0.05, 0) is 42.8 Å². The molecule has 0 fully saturated rings. The number of methoxy groups -OCH3 is 1. The first kappa shape index (κ1) is 14.4. The van der Waals surface area contributed by atoms with Crippen molar-refractivity contribution in [1.29, 1.82) is 0 Å². The lowest BCUT2D eigenvalue weighted by molar-refractivity contribution is 0.0602. The van der Waals surface area contributed by atoms with Gasteiger partial charge in [-0.2, -0.15) is 0 Å². The molecule has 0 atom stereocenters. The van der Waals surface area contributed by atoms with Crippen molar-refractivity contribution < 1.29 is 9.53 Å². The van der Waals surface area contributed by atoms with E-state index in [1.54, 1.807) is 6.07 Å². The molecule has 3 N–H and O–H groups in total. The van der Waals surface area contributed by atoms with Crippen molar-refractivity contribution in [2.45, 2.75) is 6.92 Å². The lowest BCUT2D eigenvalue weighted by Crippen LogP contribution is -2.08. The van der Waals surface area contributed by atoms with Crippen LogP contribution in [0.15, 0.2) is 40.9 Å². The highest BCUT2D eigenvalue weighted by molar-refractivity contribution is 9.10. The molecule has 4 nitrogen and oxygen atoms in total. The molecule has 0 bridgehead atoms. The van der Waals surface area contributed by atoms with Crippen LogP contribution in [0.25, 0.3) is 0 Å². The average Bonchev–Trinajstić information content (AvgIpc) is 2.42. The van der Waals surface area contributed by atoms with Crippen molar-refractivity contribution in [3.8, 4) is 0 Å². The molecule has 2 aromatic rings. The van der Waals surface area contributed by atoms with Gasteiger partial charge in [0.15, 0.2) is 0 Å². The van der Waals surface area contributed by atoms with Crippen molar-refractivity contribution in [3.63, 3.8) is 0 Å². The van der Waals surface area contributed by atoms with Gasteiger partial charge in [0.25, 0.3) is 0 Å². The number of nitrogens with one attached hydrogen (secondary N) is 1. The molecule has 0 heterocycles. The third-order valence-corrected chi connectivity index (χ3v) is 3.40. The minimum atomic E-state index is -0.441. The Balaban J connectivity index is 2.38. The number of carbonyl (C=O) groups excluding carboxylic acids is 1. The summed E-state index contributed by atoms with van der Waals surface area (Å²) in [6.07, 6.45) is 0. The predicted octanol–water partition coefficient (Wildman–Crippen LogP) is 3.87. The van der Waals surface area contributed by atoms with E-state index in [4.69, 9.17) is 10.5 Å². The van der Waals surface area contributed by atoms with Crippen LogP contribution in [-0.4, -0.2) is 13.1 Å². The Hall–Kier alpha value is -2.01. The van der Waals surface area contributed by atoms with E-state index >= 15 is 0 Å². The van der Waals surface area contributed by atoms with E-state index in [2.05, 4.69) is 21.2 Å². The number of halogens is 1. The summed E-state index contributed by atoms with van der Waals surface area (Å²) in [5.41, 5.74) is 9.24. The fourth-order valence-corrected chi connectivity index (χ4v) is 2.28. The van der Waals surface area contributed by atoms with Gasteiger partial charge >= 0.3 is 5.97 Å². The number of aryl methyl sites for hydroxylation is 1. The van der Waals surface area contributed by atoms with Gasteiger partial charge in [0.1, 0.15) is 0 Å². The zero-order chi connectivity index (χ0) is 14.7. The summed E-state index contributed by atoms with van der Waals surface area (Å²) in [7, 11) is 1.34. The molecule has 2 aromatic carbocycles. The molecule has 0 saturated carbocycles. The zero-order valence-corrected chi connectivity index (χ0v) is 12.8. The van der Waals surface area contributed by atoms with Crippen molar-refractivity contribution in [1.82, 2.24) is 0 Å². The van der Waals surface area contributed by atoms with Crippen LogP contribution in [0.5, 0.6) is 0 Å². The Kier molecular flexibility index (Phi) is 4.29. The van der Waals surface area contributed by atoms with Gasteiger partial charge in [-0.3, -0.25) is 0 Å². The van der Waals surface area contributed by atoms with Gasteiger partial charge in [0.2, 0.25) is 0 Å².